The van der Waals surface area contributed by atoms with Gasteiger partial charge in [0, 0.05) is 0 Å². The number of phenolic OH excluding ortho intramolecular Hbond substituents is 1. The van der Waals surface area contributed by atoms with Crippen LogP contribution in [0.3, 0.4) is 0 Å². The van der Waals surface area contributed by atoms with E-state index in [4.69, 9.17) is 21.7 Å². The summed E-state index contributed by atoms with van der Waals surface area (Å²) in [4.78, 5) is 25.3. The van der Waals surface area contributed by atoms with Gasteiger partial charge in [0.1, 0.15) is 10.4 Å². The fourth-order valence-electron chi connectivity index (χ4n) is 2.36. The number of thioether (sulfide) groups is 1. The minimum absolute atomic E-state index is 0.147. The number of carboxylic acid groups (broad SMARTS) is 1. The summed E-state index contributed by atoms with van der Waals surface area (Å²) in [5.41, 5.74) is 0.551. The molecule has 7 nitrogen and oxygen atoms in total. The Kier molecular flexibility index (Phi) is 5.91. The lowest BCUT2D eigenvalue weighted by Gasteiger charge is -2.21. The largest absolute Gasteiger partial charge is 0.502 e. The van der Waals surface area contributed by atoms with Gasteiger partial charge < -0.3 is 19.7 Å². The number of thiocarbonyl (C=S) groups is 1. The zero-order valence-corrected chi connectivity index (χ0v) is 15.4. The van der Waals surface area contributed by atoms with Gasteiger partial charge in [-0.15, -0.1) is 0 Å². The molecule has 25 heavy (non-hydrogen) atoms. The van der Waals surface area contributed by atoms with E-state index in [0.29, 0.717) is 10.5 Å². The standard InChI is InChI=1S/C16H17NO6S2/c1-4-9(15(20)21)17-14(19)12(25-16(17)24)7-8-5-10(22-2)13(18)11(6-8)23-3/h5-7,9,18H,4H2,1-3H3,(H,20,21)/b12-7-. The van der Waals surface area contributed by atoms with Crippen LogP contribution in [0.1, 0.15) is 18.9 Å². The molecule has 0 aliphatic carbocycles. The molecular weight excluding hydrogens is 366 g/mol. The number of phenols is 1. The maximum absolute atomic E-state index is 12.6. The number of nitrogens with zero attached hydrogens (tertiary/aromatic N) is 1. The van der Waals surface area contributed by atoms with Crippen molar-refractivity contribution in [2.45, 2.75) is 19.4 Å². The second-order valence-corrected chi connectivity index (χ2v) is 6.76. The van der Waals surface area contributed by atoms with Gasteiger partial charge in [-0.05, 0) is 30.2 Å². The molecule has 1 aromatic rings. The highest BCUT2D eigenvalue weighted by Gasteiger charge is 2.39. The van der Waals surface area contributed by atoms with E-state index in [9.17, 15) is 19.8 Å². The summed E-state index contributed by atoms with van der Waals surface area (Å²) in [5, 5.41) is 19.2. The van der Waals surface area contributed by atoms with Gasteiger partial charge in [-0.2, -0.15) is 0 Å². The molecular formula is C16H17NO6S2. The van der Waals surface area contributed by atoms with Crippen molar-refractivity contribution in [1.29, 1.82) is 0 Å². The zero-order chi connectivity index (χ0) is 18.7. The molecule has 1 atom stereocenters. The van der Waals surface area contributed by atoms with Gasteiger partial charge >= 0.3 is 5.97 Å². The first-order valence-corrected chi connectivity index (χ1v) is 8.51. The molecule has 1 heterocycles. The number of rotatable bonds is 6. The molecule has 0 aromatic heterocycles. The molecule has 2 N–H and O–H groups in total. The van der Waals surface area contributed by atoms with Gasteiger partial charge in [-0.3, -0.25) is 9.69 Å². The average molecular weight is 383 g/mol. The molecule has 134 valence electrons. The zero-order valence-electron chi connectivity index (χ0n) is 13.8. The fraction of sp³-hybridized carbons (Fsp3) is 0.312. The molecule has 0 spiro atoms. The summed E-state index contributed by atoms with van der Waals surface area (Å²) < 4.78 is 10.4. The lowest BCUT2D eigenvalue weighted by Crippen LogP contribution is -2.43. The Labute approximate surface area is 154 Å². The third-order valence-electron chi connectivity index (χ3n) is 3.61. The van der Waals surface area contributed by atoms with E-state index in [1.165, 1.54) is 14.2 Å². The summed E-state index contributed by atoms with van der Waals surface area (Å²) >= 11 is 6.20. The molecule has 1 aliphatic rings. The van der Waals surface area contributed by atoms with Crippen molar-refractivity contribution < 1.29 is 29.3 Å². The van der Waals surface area contributed by atoms with E-state index in [1.54, 1.807) is 25.1 Å². The van der Waals surface area contributed by atoms with E-state index < -0.39 is 17.9 Å². The lowest BCUT2D eigenvalue weighted by molar-refractivity contribution is -0.145. The highest BCUT2D eigenvalue weighted by molar-refractivity contribution is 8.26. The second kappa shape index (κ2) is 7.75. The number of amides is 1. The summed E-state index contributed by atoms with van der Waals surface area (Å²) in [6.45, 7) is 1.68. The molecule has 1 aliphatic heterocycles. The number of ether oxygens (including phenoxy) is 2. The first-order valence-electron chi connectivity index (χ1n) is 7.28. The number of carbonyl (C=O) groups excluding carboxylic acids is 1. The molecule has 0 radical (unpaired) electrons. The van der Waals surface area contributed by atoms with Gasteiger partial charge in [-0.1, -0.05) is 30.9 Å². The number of aromatic hydroxyl groups is 1. The normalized spacial score (nSPS) is 17.1. The Morgan fingerprint density at radius 3 is 2.36 bits per heavy atom. The SMILES string of the molecule is CCC(C(=O)O)N1C(=O)/C(=C/c2cc(OC)c(O)c(OC)c2)SC1=S. The molecule has 0 saturated carbocycles. The summed E-state index contributed by atoms with van der Waals surface area (Å²) in [6.07, 6.45) is 1.80. The van der Waals surface area contributed by atoms with E-state index in [1.807, 2.05) is 0 Å². The Bertz CT molecular complexity index is 736. The van der Waals surface area contributed by atoms with Crippen molar-refractivity contribution in [2.24, 2.45) is 0 Å². The van der Waals surface area contributed by atoms with Crippen molar-refractivity contribution in [2.75, 3.05) is 14.2 Å². The predicted molar refractivity (Wildman–Crippen MR) is 97.9 cm³/mol. The molecule has 1 unspecified atom stereocenters. The molecule has 9 heteroatoms. The highest BCUT2D eigenvalue weighted by atomic mass is 32.2. The van der Waals surface area contributed by atoms with Gasteiger partial charge in [0.15, 0.2) is 11.5 Å². The predicted octanol–water partition coefficient (Wildman–Crippen LogP) is 2.47. The van der Waals surface area contributed by atoms with Crippen LogP contribution < -0.4 is 9.47 Å². The lowest BCUT2D eigenvalue weighted by atomic mass is 10.1. The summed E-state index contributed by atoms with van der Waals surface area (Å²) in [7, 11) is 2.80. The van der Waals surface area contributed by atoms with Crippen LogP contribution in [0.4, 0.5) is 0 Å². The summed E-state index contributed by atoms with van der Waals surface area (Å²) in [6, 6.07) is 2.08. The number of methoxy groups -OCH3 is 2. The highest BCUT2D eigenvalue weighted by Crippen LogP contribution is 2.40. The van der Waals surface area contributed by atoms with Crippen LogP contribution in [0.2, 0.25) is 0 Å². The smallest absolute Gasteiger partial charge is 0.326 e. The number of hydrogen-bond acceptors (Lipinski definition) is 7. The van der Waals surface area contributed by atoms with E-state index in [-0.39, 0.29) is 28.0 Å². The van der Waals surface area contributed by atoms with Crippen LogP contribution in [0.5, 0.6) is 17.2 Å². The average Bonchev–Trinajstić information content (AvgIpc) is 2.84. The molecule has 1 aromatic carbocycles. The molecule has 2 rings (SSSR count). The minimum Gasteiger partial charge on any atom is -0.502 e. The molecule has 1 saturated heterocycles. The van der Waals surface area contributed by atoms with Crippen LogP contribution in [0, 0.1) is 0 Å². The minimum atomic E-state index is -1.10. The first kappa shape index (κ1) is 19.1. The Hall–Kier alpha value is -2.26. The van der Waals surface area contributed by atoms with Gasteiger partial charge in [0.2, 0.25) is 5.75 Å². The van der Waals surface area contributed by atoms with Crippen molar-refractivity contribution in [3.8, 4) is 17.2 Å². The molecule has 1 fully saturated rings. The van der Waals surface area contributed by atoms with Gasteiger partial charge in [0.05, 0.1) is 19.1 Å². The Morgan fingerprint density at radius 2 is 1.92 bits per heavy atom. The third-order valence-corrected chi connectivity index (χ3v) is 4.94. The van der Waals surface area contributed by atoms with E-state index in [2.05, 4.69) is 0 Å². The Morgan fingerprint density at radius 1 is 1.36 bits per heavy atom. The van der Waals surface area contributed by atoms with Crippen molar-refractivity contribution in [1.82, 2.24) is 4.90 Å². The monoisotopic (exact) mass is 383 g/mol. The number of hydrogen-bond donors (Lipinski definition) is 2. The second-order valence-electron chi connectivity index (χ2n) is 5.09. The third kappa shape index (κ3) is 3.72. The van der Waals surface area contributed by atoms with Gasteiger partial charge in [0.25, 0.3) is 5.91 Å². The maximum Gasteiger partial charge on any atom is 0.326 e. The van der Waals surface area contributed by atoms with Crippen LogP contribution in [0.25, 0.3) is 6.08 Å². The summed E-state index contributed by atoms with van der Waals surface area (Å²) in [5.74, 6) is -1.33. The van der Waals surface area contributed by atoms with Gasteiger partial charge in [-0.25, -0.2) is 4.79 Å². The fourth-order valence-corrected chi connectivity index (χ4v) is 3.72. The van der Waals surface area contributed by atoms with E-state index >= 15 is 0 Å². The molecule has 0 bridgehead atoms. The van der Waals surface area contributed by atoms with E-state index in [0.717, 1.165) is 16.7 Å². The number of carbonyl (C=O) groups is 2. The molecule has 1 amide bonds. The first-order chi connectivity index (χ1) is 11.8. The Balaban J connectivity index is 2.41. The maximum atomic E-state index is 12.6. The van der Waals surface area contributed by atoms with Crippen LogP contribution in [-0.4, -0.2) is 51.6 Å². The number of aliphatic carboxylic acids is 1. The van der Waals surface area contributed by atoms with Crippen LogP contribution in [0.15, 0.2) is 17.0 Å². The number of benzene rings is 1. The van der Waals surface area contributed by atoms with Crippen LogP contribution >= 0.6 is 24.0 Å². The van der Waals surface area contributed by atoms with Crippen molar-refractivity contribution in [3.05, 3.63) is 22.6 Å². The quantitative estimate of drug-likeness (QED) is 0.571. The van der Waals surface area contributed by atoms with Crippen LogP contribution in [-0.2, 0) is 9.59 Å². The number of carboxylic acids is 1. The topological polar surface area (TPSA) is 96.3 Å². The van der Waals surface area contributed by atoms with Crippen molar-refractivity contribution in [3.63, 3.8) is 0 Å². The van der Waals surface area contributed by atoms with Crippen molar-refractivity contribution >= 4 is 46.3 Å².